The van der Waals surface area contributed by atoms with Crippen LogP contribution in [0.25, 0.3) is 0 Å². The van der Waals surface area contributed by atoms with Crippen LogP contribution < -0.4 is 0 Å². The van der Waals surface area contributed by atoms with Gasteiger partial charge >= 0.3 is 171 Å². The normalized spacial score (nSPS) is 13.3. The second-order valence-electron chi connectivity index (χ2n) is 8.31. The number of benzene rings is 1. The molecule has 0 aliphatic rings. The van der Waals surface area contributed by atoms with Crippen LogP contribution in [-0.4, -0.2) is 18.4 Å². The minimum absolute atomic E-state index is 0.290. The van der Waals surface area contributed by atoms with Crippen molar-refractivity contribution in [1.82, 2.24) is 0 Å². The van der Waals surface area contributed by atoms with Crippen LogP contribution in [0.5, 0.6) is 0 Å². The van der Waals surface area contributed by atoms with Gasteiger partial charge in [-0.25, -0.2) is 0 Å². The monoisotopic (exact) mass is 488 g/mol. The van der Waals surface area contributed by atoms with E-state index in [9.17, 15) is 0 Å². The second-order valence-corrected chi connectivity index (χ2v) is 21.7. The fourth-order valence-electron chi connectivity index (χ4n) is 3.71. The van der Waals surface area contributed by atoms with Crippen molar-refractivity contribution in [3.05, 3.63) is 44.8 Å². The van der Waals surface area contributed by atoms with E-state index in [1.54, 1.807) is 0 Å². The van der Waals surface area contributed by atoms with Gasteiger partial charge in [0.05, 0.1) is 0 Å². The molecule has 0 radical (unpaired) electrons. The Hall–Kier alpha value is -0.0213. The number of hydrogen-bond acceptors (Lipinski definition) is 0. The van der Waals surface area contributed by atoms with Crippen LogP contribution in [0.2, 0.25) is 18.3 Å². The van der Waals surface area contributed by atoms with Crippen LogP contribution in [-0.2, 0) is 5.41 Å². The molecule has 0 nitrogen and oxygen atoms in total. The van der Waals surface area contributed by atoms with E-state index < -0.39 is 18.4 Å². The zero-order chi connectivity index (χ0) is 19.6. The van der Waals surface area contributed by atoms with Crippen LogP contribution in [0.15, 0.2) is 34.2 Å². The van der Waals surface area contributed by atoms with Crippen molar-refractivity contribution in [2.24, 2.45) is 0 Å². The molecule has 0 spiro atoms. The summed E-state index contributed by atoms with van der Waals surface area (Å²) in [5.41, 5.74) is 0.848. The fraction of sp³-hybridized carbons (Fsp3) is 0.652. The van der Waals surface area contributed by atoms with Gasteiger partial charge in [0, 0.05) is 0 Å². The Morgan fingerprint density at radius 3 is 1.73 bits per heavy atom. The van der Waals surface area contributed by atoms with Gasteiger partial charge in [0.15, 0.2) is 0 Å². The van der Waals surface area contributed by atoms with Crippen molar-refractivity contribution >= 4 is 30.0 Å². The molecule has 1 aromatic rings. The van der Waals surface area contributed by atoms with Crippen LogP contribution >= 0.6 is 11.6 Å². The summed E-state index contributed by atoms with van der Waals surface area (Å²) in [6.07, 6.45) is 9.05. The van der Waals surface area contributed by atoms with E-state index in [0.717, 1.165) is 10.6 Å². The topological polar surface area (TPSA) is 0 Å². The third-order valence-corrected chi connectivity index (χ3v) is 20.4. The SMILES string of the molecule is CCC[CH2][Sn]([CH2]CCC)([CH2]CCC)[C](F)=CC(C)(C)c1ccc(Cl)cc1. The van der Waals surface area contributed by atoms with Gasteiger partial charge in [0.25, 0.3) is 0 Å². The van der Waals surface area contributed by atoms with E-state index in [0.29, 0.717) is 3.84 Å². The van der Waals surface area contributed by atoms with Crippen molar-refractivity contribution in [3.63, 3.8) is 0 Å². The van der Waals surface area contributed by atoms with Crippen LogP contribution in [0.1, 0.15) is 78.7 Å². The standard InChI is InChI=1S/C11H11ClF.3C4H9.Sn/c1-11(2,7-8-13)9-3-5-10(12)6-4-9;3*1-3-4-2;/h3-7H,1-2H3;3*1,3-4H2,2H3;. The molecular formula is C23H38ClFSn. The number of halogens is 2. The first-order valence-corrected chi connectivity index (χ1v) is 18.3. The average molecular weight is 488 g/mol. The Morgan fingerprint density at radius 2 is 1.35 bits per heavy atom. The Morgan fingerprint density at radius 1 is 0.923 bits per heavy atom. The molecule has 0 saturated heterocycles. The van der Waals surface area contributed by atoms with Crippen LogP contribution in [0.3, 0.4) is 0 Å². The number of hydrogen-bond donors (Lipinski definition) is 0. The van der Waals surface area contributed by atoms with E-state index in [2.05, 4.69) is 34.6 Å². The van der Waals surface area contributed by atoms with Crippen molar-refractivity contribution in [1.29, 1.82) is 0 Å². The van der Waals surface area contributed by atoms with Crippen molar-refractivity contribution in [2.75, 3.05) is 0 Å². The third kappa shape index (κ3) is 7.18. The molecule has 26 heavy (non-hydrogen) atoms. The predicted molar refractivity (Wildman–Crippen MR) is 119 cm³/mol. The van der Waals surface area contributed by atoms with Gasteiger partial charge in [-0.05, 0) is 0 Å². The zero-order valence-corrected chi connectivity index (χ0v) is 21.1. The molecule has 0 unspecified atom stereocenters. The van der Waals surface area contributed by atoms with Gasteiger partial charge in [-0.3, -0.25) is 0 Å². The summed E-state index contributed by atoms with van der Waals surface area (Å²) in [7, 11) is 0. The Kier molecular flexibility index (Phi) is 10.8. The molecule has 0 atom stereocenters. The number of allylic oxidation sites excluding steroid dienone is 1. The first-order chi connectivity index (χ1) is 12.3. The summed E-state index contributed by atoms with van der Waals surface area (Å²) in [6, 6.07) is 7.89. The quantitative estimate of drug-likeness (QED) is 0.258. The van der Waals surface area contributed by atoms with Gasteiger partial charge in [-0.15, -0.1) is 0 Å². The molecular weight excluding hydrogens is 449 g/mol. The molecule has 0 saturated carbocycles. The molecule has 148 valence electrons. The number of rotatable bonds is 12. The molecule has 0 N–H and O–H groups in total. The van der Waals surface area contributed by atoms with Gasteiger partial charge in [-0.1, -0.05) is 0 Å². The van der Waals surface area contributed by atoms with Gasteiger partial charge in [0.1, 0.15) is 0 Å². The summed E-state index contributed by atoms with van der Waals surface area (Å²) in [6.45, 7) is 11.0. The molecule has 0 amide bonds. The zero-order valence-electron chi connectivity index (χ0n) is 17.5. The van der Waals surface area contributed by atoms with Crippen molar-refractivity contribution in [2.45, 2.75) is 91.9 Å². The number of unbranched alkanes of at least 4 members (excludes halogenated alkanes) is 3. The Balaban J connectivity index is 3.22. The first kappa shape index (κ1) is 24.0. The summed E-state index contributed by atoms with van der Waals surface area (Å²) < 4.78 is 19.7. The molecule has 0 heterocycles. The van der Waals surface area contributed by atoms with E-state index in [-0.39, 0.29) is 5.41 Å². The molecule has 0 aliphatic carbocycles. The summed E-state index contributed by atoms with van der Waals surface area (Å²) in [5, 5.41) is 0.733. The fourth-order valence-corrected chi connectivity index (χ4v) is 18.7. The van der Waals surface area contributed by atoms with Crippen molar-refractivity contribution < 1.29 is 4.39 Å². The van der Waals surface area contributed by atoms with Crippen LogP contribution in [0.4, 0.5) is 4.39 Å². The van der Waals surface area contributed by atoms with E-state index in [4.69, 9.17) is 11.6 Å². The van der Waals surface area contributed by atoms with E-state index in [1.807, 2.05) is 30.3 Å². The molecule has 0 aromatic heterocycles. The van der Waals surface area contributed by atoms with Crippen molar-refractivity contribution in [3.8, 4) is 0 Å². The van der Waals surface area contributed by atoms with Gasteiger partial charge in [0.2, 0.25) is 0 Å². The minimum atomic E-state index is -2.95. The van der Waals surface area contributed by atoms with Gasteiger partial charge < -0.3 is 0 Å². The summed E-state index contributed by atoms with van der Waals surface area (Å²) in [4.78, 5) is 0. The molecule has 0 aliphatic heterocycles. The van der Waals surface area contributed by atoms with Crippen LogP contribution in [0, 0.1) is 0 Å². The summed E-state index contributed by atoms with van der Waals surface area (Å²) >= 11 is 3.08. The summed E-state index contributed by atoms with van der Waals surface area (Å²) in [5.74, 6) is 0. The Labute approximate surface area is 170 Å². The Bertz CT molecular complexity index is 526. The van der Waals surface area contributed by atoms with Gasteiger partial charge in [-0.2, -0.15) is 0 Å². The molecule has 3 heteroatoms. The maximum atomic E-state index is 15.9. The van der Waals surface area contributed by atoms with E-state index >= 15 is 4.39 Å². The molecule has 0 bridgehead atoms. The molecule has 1 aromatic carbocycles. The second kappa shape index (κ2) is 11.7. The molecule has 1 rings (SSSR count). The molecule has 0 fully saturated rings. The maximum absolute atomic E-state index is 15.9. The first-order valence-electron chi connectivity index (χ1n) is 10.5. The third-order valence-electron chi connectivity index (χ3n) is 5.61. The predicted octanol–water partition coefficient (Wildman–Crippen LogP) is 8.86. The average Bonchev–Trinajstić information content (AvgIpc) is 2.61. The van der Waals surface area contributed by atoms with E-state index in [1.165, 1.54) is 51.8 Å².